The largest absolute Gasteiger partial charge is 0.335 e. The number of nitrogens with one attached hydrogen (secondary N) is 2. The number of benzene rings is 1. The van der Waals surface area contributed by atoms with Crippen molar-refractivity contribution in [2.75, 3.05) is 11.9 Å². The molecule has 2 fully saturated rings. The lowest BCUT2D eigenvalue weighted by Crippen LogP contribution is -2.50. The van der Waals surface area contributed by atoms with Gasteiger partial charge in [-0.25, -0.2) is 4.79 Å². The van der Waals surface area contributed by atoms with Crippen molar-refractivity contribution >= 4 is 17.6 Å². The summed E-state index contributed by atoms with van der Waals surface area (Å²) in [4.78, 5) is 27.2. The summed E-state index contributed by atoms with van der Waals surface area (Å²) in [5.41, 5.74) is 2.96. The van der Waals surface area contributed by atoms with E-state index in [1.807, 2.05) is 32.0 Å². The Bertz CT molecular complexity index is 618. The minimum absolute atomic E-state index is 0.0753. The molecule has 5 heteroatoms. The van der Waals surface area contributed by atoms with Crippen LogP contribution in [0.15, 0.2) is 18.2 Å². The lowest BCUT2D eigenvalue weighted by Gasteiger charge is -2.29. The summed E-state index contributed by atoms with van der Waals surface area (Å²) >= 11 is 0. The fraction of sp³-hybridized carbons (Fsp3) is 0.600. The summed E-state index contributed by atoms with van der Waals surface area (Å²) in [5, 5.41) is 6.19. The predicted octanol–water partition coefficient (Wildman–Crippen LogP) is 3.75. The highest BCUT2D eigenvalue weighted by molar-refractivity contribution is 5.98. The molecule has 5 nitrogen and oxygen atoms in total. The normalized spacial score (nSPS) is 21.2. The second kappa shape index (κ2) is 7.89. The molecule has 1 unspecified atom stereocenters. The summed E-state index contributed by atoms with van der Waals surface area (Å²) in [7, 11) is 0. The molecule has 0 radical (unpaired) electrons. The fourth-order valence-electron chi connectivity index (χ4n) is 4.00. The maximum Gasteiger partial charge on any atom is 0.318 e. The Labute approximate surface area is 150 Å². The van der Waals surface area contributed by atoms with Crippen LogP contribution in [-0.4, -0.2) is 35.5 Å². The van der Waals surface area contributed by atoms with Gasteiger partial charge in [-0.2, -0.15) is 0 Å². The van der Waals surface area contributed by atoms with Crippen LogP contribution in [0.25, 0.3) is 0 Å². The molecule has 25 heavy (non-hydrogen) atoms. The molecule has 136 valence electrons. The molecule has 2 N–H and O–H groups in total. The van der Waals surface area contributed by atoms with E-state index in [1.165, 1.54) is 19.3 Å². The smallest absolute Gasteiger partial charge is 0.318 e. The van der Waals surface area contributed by atoms with Crippen LogP contribution in [0.3, 0.4) is 0 Å². The number of hydrogen-bond donors (Lipinski definition) is 2. The number of hydrogen-bond acceptors (Lipinski definition) is 2. The third-order valence-corrected chi connectivity index (χ3v) is 5.48. The van der Waals surface area contributed by atoms with Crippen LogP contribution in [-0.2, 0) is 4.79 Å². The monoisotopic (exact) mass is 343 g/mol. The van der Waals surface area contributed by atoms with Crippen molar-refractivity contribution in [1.29, 1.82) is 0 Å². The van der Waals surface area contributed by atoms with Gasteiger partial charge in [0, 0.05) is 18.3 Å². The highest BCUT2D eigenvalue weighted by atomic mass is 16.2. The van der Waals surface area contributed by atoms with Gasteiger partial charge in [0.15, 0.2) is 0 Å². The van der Waals surface area contributed by atoms with Crippen molar-refractivity contribution in [3.8, 4) is 0 Å². The van der Waals surface area contributed by atoms with Gasteiger partial charge in [0.2, 0.25) is 5.91 Å². The van der Waals surface area contributed by atoms with E-state index >= 15 is 0 Å². The van der Waals surface area contributed by atoms with Crippen LogP contribution in [0.4, 0.5) is 10.5 Å². The Balaban J connectivity index is 1.64. The van der Waals surface area contributed by atoms with E-state index in [1.54, 1.807) is 4.90 Å². The highest BCUT2D eigenvalue weighted by Crippen LogP contribution is 2.24. The molecule has 1 aromatic rings. The molecule has 1 atom stereocenters. The van der Waals surface area contributed by atoms with E-state index in [0.717, 1.165) is 42.5 Å². The molecule has 2 aliphatic rings. The van der Waals surface area contributed by atoms with E-state index in [0.29, 0.717) is 6.54 Å². The van der Waals surface area contributed by atoms with Gasteiger partial charge >= 0.3 is 6.03 Å². The van der Waals surface area contributed by atoms with Crippen molar-refractivity contribution in [2.24, 2.45) is 0 Å². The van der Waals surface area contributed by atoms with Crippen molar-refractivity contribution in [3.63, 3.8) is 0 Å². The zero-order valence-electron chi connectivity index (χ0n) is 15.3. The average Bonchev–Trinajstić information content (AvgIpc) is 3.09. The average molecular weight is 343 g/mol. The number of rotatable bonds is 3. The number of carbonyl (C=O) groups excluding carboxylic acids is 2. The first-order chi connectivity index (χ1) is 12.1. The first-order valence-electron chi connectivity index (χ1n) is 9.50. The van der Waals surface area contributed by atoms with Gasteiger partial charge in [-0.05, 0) is 50.7 Å². The number of likely N-dealkylation sites (tertiary alicyclic amines) is 1. The molecule has 1 saturated heterocycles. The second-order valence-corrected chi connectivity index (χ2v) is 7.39. The van der Waals surface area contributed by atoms with Crippen LogP contribution in [0.1, 0.15) is 56.1 Å². The molecule has 1 aliphatic carbocycles. The molecule has 1 aromatic carbocycles. The maximum atomic E-state index is 12.8. The molecule has 0 aromatic heterocycles. The van der Waals surface area contributed by atoms with Gasteiger partial charge in [-0.1, -0.05) is 37.5 Å². The Morgan fingerprint density at radius 3 is 2.36 bits per heavy atom. The maximum absolute atomic E-state index is 12.8. The van der Waals surface area contributed by atoms with Crippen LogP contribution >= 0.6 is 0 Å². The van der Waals surface area contributed by atoms with E-state index < -0.39 is 0 Å². The van der Waals surface area contributed by atoms with Crippen LogP contribution < -0.4 is 10.6 Å². The minimum Gasteiger partial charge on any atom is -0.335 e. The van der Waals surface area contributed by atoms with Gasteiger partial charge in [0.1, 0.15) is 6.04 Å². The number of amides is 3. The molecule has 0 spiro atoms. The number of aryl methyl sites for hydroxylation is 2. The number of nitrogens with zero attached hydrogens (tertiary/aromatic N) is 1. The van der Waals surface area contributed by atoms with E-state index in [-0.39, 0.29) is 24.0 Å². The van der Waals surface area contributed by atoms with Gasteiger partial charge in [-0.15, -0.1) is 0 Å². The van der Waals surface area contributed by atoms with E-state index in [2.05, 4.69) is 10.6 Å². The molecule has 1 saturated carbocycles. The first kappa shape index (κ1) is 17.8. The predicted molar refractivity (Wildman–Crippen MR) is 99.7 cm³/mol. The zero-order chi connectivity index (χ0) is 17.8. The number of carbonyl (C=O) groups is 2. The number of para-hydroxylation sites is 1. The Morgan fingerprint density at radius 2 is 1.68 bits per heavy atom. The fourth-order valence-corrected chi connectivity index (χ4v) is 4.00. The van der Waals surface area contributed by atoms with Gasteiger partial charge < -0.3 is 15.5 Å². The van der Waals surface area contributed by atoms with Gasteiger partial charge in [0.25, 0.3) is 0 Å². The standard InChI is InChI=1S/C20H29N3O2/c1-14-8-6-9-15(2)18(14)22-19(24)17-12-7-13-23(17)20(25)21-16-10-4-3-5-11-16/h6,8-9,16-17H,3-5,7,10-13H2,1-2H3,(H,21,25)(H,22,24). The quantitative estimate of drug-likeness (QED) is 0.878. The van der Waals surface area contributed by atoms with E-state index in [9.17, 15) is 9.59 Å². The molecular weight excluding hydrogens is 314 g/mol. The minimum atomic E-state index is -0.373. The van der Waals surface area contributed by atoms with Crippen molar-refractivity contribution in [3.05, 3.63) is 29.3 Å². The van der Waals surface area contributed by atoms with Crippen LogP contribution in [0.5, 0.6) is 0 Å². The van der Waals surface area contributed by atoms with Crippen molar-refractivity contribution in [2.45, 2.75) is 70.9 Å². The molecule has 1 aliphatic heterocycles. The summed E-state index contributed by atoms with van der Waals surface area (Å²) in [6.45, 7) is 4.64. The van der Waals surface area contributed by atoms with Crippen molar-refractivity contribution in [1.82, 2.24) is 10.2 Å². The van der Waals surface area contributed by atoms with Gasteiger partial charge in [-0.3, -0.25) is 4.79 Å². The van der Waals surface area contributed by atoms with Crippen LogP contribution in [0.2, 0.25) is 0 Å². The highest BCUT2D eigenvalue weighted by Gasteiger charge is 2.35. The zero-order valence-corrected chi connectivity index (χ0v) is 15.3. The second-order valence-electron chi connectivity index (χ2n) is 7.39. The lowest BCUT2D eigenvalue weighted by atomic mass is 9.96. The Hall–Kier alpha value is -2.04. The molecular formula is C20H29N3O2. The van der Waals surface area contributed by atoms with Gasteiger partial charge in [0.05, 0.1) is 0 Å². The Kier molecular flexibility index (Phi) is 5.61. The summed E-state index contributed by atoms with van der Waals surface area (Å²) in [6, 6.07) is 5.79. The molecule has 1 heterocycles. The number of urea groups is 1. The van der Waals surface area contributed by atoms with Crippen LogP contribution in [0, 0.1) is 13.8 Å². The van der Waals surface area contributed by atoms with E-state index in [4.69, 9.17) is 0 Å². The summed E-state index contributed by atoms with van der Waals surface area (Å²) < 4.78 is 0. The third kappa shape index (κ3) is 4.14. The molecule has 3 amide bonds. The summed E-state index contributed by atoms with van der Waals surface area (Å²) in [6.07, 6.45) is 7.34. The first-order valence-corrected chi connectivity index (χ1v) is 9.50. The molecule has 0 bridgehead atoms. The number of anilines is 1. The van der Waals surface area contributed by atoms with Crippen molar-refractivity contribution < 1.29 is 9.59 Å². The molecule has 3 rings (SSSR count). The Morgan fingerprint density at radius 1 is 1.00 bits per heavy atom. The lowest BCUT2D eigenvalue weighted by molar-refractivity contribution is -0.119. The third-order valence-electron chi connectivity index (χ3n) is 5.48. The summed E-state index contributed by atoms with van der Waals surface area (Å²) in [5.74, 6) is -0.0753. The topological polar surface area (TPSA) is 61.4 Å². The SMILES string of the molecule is Cc1cccc(C)c1NC(=O)C1CCCN1C(=O)NC1CCCCC1.